The van der Waals surface area contributed by atoms with Crippen LogP contribution in [0.15, 0.2) is 12.1 Å². The van der Waals surface area contributed by atoms with Crippen molar-refractivity contribution < 1.29 is 14.2 Å². The molecule has 0 aliphatic rings. The number of hydrogen-bond acceptors (Lipinski definition) is 5. The van der Waals surface area contributed by atoms with Gasteiger partial charge in [-0.25, -0.2) is 0 Å². The summed E-state index contributed by atoms with van der Waals surface area (Å²) in [7, 11) is 6.95. The molecule has 0 spiro atoms. The number of hydrogen-bond donors (Lipinski definition) is 1. The van der Waals surface area contributed by atoms with E-state index in [9.17, 15) is 0 Å². The lowest BCUT2D eigenvalue weighted by atomic mass is 10.0. The smallest absolute Gasteiger partial charge is 0.131 e. The van der Waals surface area contributed by atoms with Crippen LogP contribution in [-0.4, -0.2) is 45.9 Å². The SMILES string of the molecule is COc1cc(OC)c(C(CN)N(C)C(C)C)c(OC)c1. The van der Waals surface area contributed by atoms with Crippen LogP contribution in [0.1, 0.15) is 25.5 Å². The van der Waals surface area contributed by atoms with Crippen LogP contribution in [0, 0.1) is 0 Å². The van der Waals surface area contributed by atoms with Crippen molar-refractivity contribution in [2.75, 3.05) is 34.9 Å². The van der Waals surface area contributed by atoms with Crippen LogP contribution >= 0.6 is 0 Å². The highest BCUT2D eigenvalue weighted by molar-refractivity contribution is 5.52. The Labute approximate surface area is 121 Å². The molecule has 0 bridgehead atoms. The zero-order valence-corrected chi connectivity index (χ0v) is 13.3. The molecular formula is C15H26N2O3. The molecule has 0 aromatic heterocycles. The van der Waals surface area contributed by atoms with Crippen molar-refractivity contribution in [2.24, 2.45) is 5.73 Å². The summed E-state index contributed by atoms with van der Waals surface area (Å²) in [6.07, 6.45) is 0. The van der Waals surface area contributed by atoms with Gasteiger partial charge in [0.05, 0.1) is 32.9 Å². The van der Waals surface area contributed by atoms with Gasteiger partial charge in [-0.05, 0) is 20.9 Å². The molecule has 1 aromatic rings. The fourth-order valence-electron chi connectivity index (χ4n) is 2.21. The van der Waals surface area contributed by atoms with E-state index in [4.69, 9.17) is 19.9 Å². The Hall–Kier alpha value is -1.46. The minimum absolute atomic E-state index is 0.0193. The average molecular weight is 282 g/mol. The van der Waals surface area contributed by atoms with Crippen LogP contribution in [-0.2, 0) is 0 Å². The zero-order valence-electron chi connectivity index (χ0n) is 13.3. The van der Waals surface area contributed by atoms with E-state index in [-0.39, 0.29) is 6.04 Å². The lowest BCUT2D eigenvalue weighted by Gasteiger charge is -2.32. The summed E-state index contributed by atoms with van der Waals surface area (Å²) in [5.74, 6) is 2.15. The van der Waals surface area contributed by atoms with E-state index in [2.05, 4.69) is 18.7 Å². The highest BCUT2D eigenvalue weighted by Crippen LogP contribution is 2.40. The van der Waals surface area contributed by atoms with E-state index in [0.717, 1.165) is 17.1 Å². The highest BCUT2D eigenvalue weighted by Gasteiger charge is 2.26. The van der Waals surface area contributed by atoms with Crippen LogP contribution in [0.3, 0.4) is 0 Å². The van der Waals surface area contributed by atoms with E-state index in [1.165, 1.54) is 0 Å². The van der Waals surface area contributed by atoms with E-state index < -0.39 is 0 Å². The van der Waals surface area contributed by atoms with Crippen molar-refractivity contribution in [3.8, 4) is 17.2 Å². The second-order valence-corrected chi connectivity index (χ2v) is 4.96. The van der Waals surface area contributed by atoms with E-state index >= 15 is 0 Å². The summed E-state index contributed by atoms with van der Waals surface area (Å²) in [5.41, 5.74) is 6.93. The molecule has 0 heterocycles. The Morgan fingerprint density at radius 2 is 1.55 bits per heavy atom. The second-order valence-electron chi connectivity index (χ2n) is 4.96. The summed E-state index contributed by atoms with van der Waals surface area (Å²) >= 11 is 0. The molecule has 0 saturated heterocycles. The lowest BCUT2D eigenvalue weighted by Crippen LogP contribution is -2.35. The molecule has 114 valence electrons. The molecule has 20 heavy (non-hydrogen) atoms. The van der Waals surface area contributed by atoms with Crippen molar-refractivity contribution in [3.05, 3.63) is 17.7 Å². The van der Waals surface area contributed by atoms with Gasteiger partial charge >= 0.3 is 0 Å². The molecule has 0 aliphatic carbocycles. The molecule has 0 saturated carbocycles. The Morgan fingerprint density at radius 3 is 1.85 bits per heavy atom. The van der Waals surface area contributed by atoms with E-state index in [1.54, 1.807) is 21.3 Å². The van der Waals surface area contributed by atoms with Crippen molar-refractivity contribution in [1.82, 2.24) is 4.90 Å². The first kappa shape index (κ1) is 16.6. The van der Waals surface area contributed by atoms with Crippen LogP contribution in [0.5, 0.6) is 17.2 Å². The zero-order chi connectivity index (χ0) is 15.3. The molecule has 0 amide bonds. The summed E-state index contributed by atoms with van der Waals surface area (Å²) in [6, 6.07) is 4.09. The summed E-state index contributed by atoms with van der Waals surface area (Å²) in [5, 5.41) is 0. The van der Waals surface area contributed by atoms with Gasteiger partial charge in [0.1, 0.15) is 17.2 Å². The topological polar surface area (TPSA) is 57.0 Å². The lowest BCUT2D eigenvalue weighted by molar-refractivity contribution is 0.193. The number of nitrogens with two attached hydrogens (primary N) is 1. The van der Waals surface area contributed by atoms with Crippen LogP contribution in [0.4, 0.5) is 0 Å². The minimum Gasteiger partial charge on any atom is -0.496 e. The Morgan fingerprint density at radius 1 is 1.05 bits per heavy atom. The van der Waals surface area contributed by atoms with Crippen molar-refractivity contribution in [2.45, 2.75) is 25.9 Å². The Balaban J connectivity index is 3.39. The fourth-order valence-corrected chi connectivity index (χ4v) is 2.21. The van der Waals surface area contributed by atoms with Gasteiger partial charge in [-0.15, -0.1) is 0 Å². The number of likely N-dealkylation sites (N-methyl/N-ethyl adjacent to an activating group) is 1. The number of ether oxygens (including phenoxy) is 3. The molecule has 0 radical (unpaired) electrons. The van der Waals surface area contributed by atoms with Crippen molar-refractivity contribution >= 4 is 0 Å². The molecule has 0 aliphatic heterocycles. The van der Waals surface area contributed by atoms with Crippen LogP contribution in [0.2, 0.25) is 0 Å². The van der Waals surface area contributed by atoms with Gasteiger partial charge in [0.25, 0.3) is 0 Å². The summed E-state index contributed by atoms with van der Waals surface area (Å²) in [6.45, 7) is 4.74. The normalized spacial score (nSPS) is 12.7. The predicted octanol–water partition coefficient (Wildman–Crippen LogP) is 2.05. The van der Waals surface area contributed by atoms with Crippen LogP contribution in [0.25, 0.3) is 0 Å². The van der Waals surface area contributed by atoms with Gasteiger partial charge in [-0.3, -0.25) is 4.90 Å². The number of methoxy groups -OCH3 is 3. The monoisotopic (exact) mass is 282 g/mol. The van der Waals surface area contributed by atoms with E-state index in [1.807, 2.05) is 19.2 Å². The fraction of sp³-hybridized carbons (Fsp3) is 0.600. The van der Waals surface area contributed by atoms with E-state index in [0.29, 0.717) is 18.3 Å². The van der Waals surface area contributed by atoms with Gasteiger partial charge in [0.2, 0.25) is 0 Å². The highest BCUT2D eigenvalue weighted by atomic mass is 16.5. The quantitative estimate of drug-likeness (QED) is 0.829. The molecule has 5 nitrogen and oxygen atoms in total. The third-order valence-electron chi connectivity index (χ3n) is 3.62. The maximum absolute atomic E-state index is 5.98. The number of nitrogens with zero attached hydrogens (tertiary/aromatic N) is 1. The standard InChI is InChI=1S/C15H26N2O3/c1-10(2)17(3)12(9-16)15-13(19-5)7-11(18-4)8-14(15)20-6/h7-8,10,12H,9,16H2,1-6H3. The average Bonchev–Trinajstić information content (AvgIpc) is 2.47. The largest absolute Gasteiger partial charge is 0.496 e. The Kier molecular flexibility index (Phi) is 6.10. The van der Waals surface area contributed by atoms with Gasteiger partial charge in [0.15, 0.2) is 0 Å². The summed E-state index contributed by atoms with van der Waals surface area (Å²) < 4.78 is 16.3. The van der Waals surface area contributed by atoms with Crippen LogP contribution < -0.4 is 19.9 Å². The number of benzene rings is 1. The van der Waals surface area contributed by atoms with Gasteiger partial charge < -0.3 is 19.9 Å². The molecule has 5 heteroatoms. The minimum atomic E-state index is 0.0193. The maximum Gasteiger partial charge on any atom is 0.131 e. The molecule has 1 unspecified atom stereocenters. The molecular weight excluding hydrogens is 256 g/mol. The predicted molar refractivity (Wildman–Crippen MR) is 80.8 cm³/mol. The first-order valence-electron chi connectivity index (χ1n) is 6.72. The van der Waals surface area contributed by atoms with Crippen molar-refractivity contribution in [3.63, 3.8) is 0 Å². The number of rotatable bonds is 7. The first-order chi connectivity index (χ1) is 9.49. The molecule has 1 aromatic carbocycles. The molecule has 0 fully saturated rings. The Bertz CT molecular complexity index is 410. The van der Waals surface area contributed by atoms with Gasteiger partial charge in [-0.2, -0.15) is 0 Å². The van der Waals surface area contributed by atoms with Gasteiger partial charge in [-0.1, -0.05) is 0 Å². The molecule has 1 atom stereocenters. The maximum atomic E-state index is 5.98. The second kappa shape index (κ2) is 7.36. The molecule has 2 N–H and O–H groups in total. The summed E-state index contributed by atoms with van der Waals surface area (Å²) in [4.78, 5) is 2.20. The van der Waals surface area contributed by atoms with Crippen molar-refractivity contribution in [1.29, 1.82) is 0 Å². The third-order valence-corrected chi connectivity index (χ3v) is 3.62. The first-order valence-corrected chi connectivity index (χ1v) is 6.72. The third kappa shape index (κ3) is 3.35. The molecule has 1 rings (SSSR count). The van der Waals surface area contributed by atoms with Gasteiger partial charge in [0, 0.05) is 24.7 Å².